The Morgan fingerprint density at radius 3 is 2.30 bits per heavy atom. The highest BCUT2D eigenvalue weighted by Gasteiger charge is 2.42. The van der Waals surface area contributed by atoms with Crippen LogP contribution in [-0.4, -0.2) is 58.9 Å². The molecule has 3 atom stereocenters. The first-order chi connectivity index (χ1) is 17.8. The molecule has 3 heterocycles. The van der Waals surface area contributed by atoms with Crippen molar-refractivity contribution < 1.29 is 9.59 Å². The molecule has 2 saturated heterocycles. The van der Waals surface area contributed by atoms with Crippen LogP contribution < -0.4 is 10.9 Å². The average molecular weight is 505 g/mol. The number of nitrogens with zero attached hydrogens (tertiary/aromatic N) is 3. The number of aromatic nitrogens is 1. The molecule has 1 aromatic carbocycles. The van der Waals surface area contributed by atoms with Gasteiger partial charge >= 0.3 is 0 Å². The number of aryl methyl sites for hydroxylation is 1. The van der Waals surface area contributed by atoms with Gasteiger partial charge in [-0.05, 0) is 56.1 Å². The normalized spacial score (nSPS) is 22.8. The SMILES string of the molecule is Cc1cc(=O)n(C)c(C)c1C(=O)N1CC2CN(CCC(NC(=O)C3CCCC3)c3ccccc3)C[C@H]2C1. The number of fused-ring (bicyclic) bond motifs is 1. The smallest absolute Gasteiger partial charge is 0.255 e. The third kappa shape index (κ3) is 5.37. The summed E-state index contributed by atoms with van der Waals surface area (Å²) in [5.41, 5.74) is 3.26. The van der Waals surface area contributed by atoms with Crippen molar-refractivity contribution in [2.24, 2.45) is 24.8 Å². The molecule has 198 valence electrons. The minimum absolute atomic E-state index is 0.0310. The predicted octanol–water partition coefficient (Wildman–Crippen LogP) is 3.44. The molecule has 1 saturated carbocycles. The lowest BCUT2D eigenvalue weighted by molar-refractivity contribution is -0.125. The van der Waals surface area contributed by atoms with Gasteiger partial charge in [0.05, 0.1) is 11.6 Å². The molecule has 0 radical (unpaired) electrons. The van der Waals surface area contributed by atoms with Gasteiger partial charge in [-0.3, -0.25) is 14.4 Å². The van der Waals surface area contributed by atoms with Crippen molar-refractivity contribution in [3.63, 3.8) is 0 Å². The van der Waals surface area contributed by atoms with Gasteiger partial charge in [0.1, 0.15) is 0 Å². The molecule has 0 bridgehead atoms. The lowest BCUT2D eigenvalue weighted by atomic mass is 10.0. The van der Waals surface area contributed by atoms with Crippen molar-refractivity contribution in [2.75, 3.05) is 32.7 Å². The highest BCUT2D eigenvalue weighted by Crippen LogP contribution is 2.33. The molecule has 1 aromatic heterocycles. The van der Waals surface area contributed by atoms with Crippen LogP contribution in [-0.2, 0) is 11.8 Å². The first kappa shape index (κ1) is 25.7. The molecular weight excluding hydrogens is 464 g/mol. The van der Waals surface area contributed by atoms with Crippen LogP contribution in [0.4, 0.5) is 0 Å². The molecule has 2 aromatic rings. The zero-order chi connectivity index (χ0) is 26.1. The van der Waals surface area contributed by atoms with E-state index in [0.717, 1.165) is 76.1 Å². The second-order valence-corrected chi connectivity index (χ2v) is 11.4. The third-order valence-electron chi connectivity index (χ3n) is 8.97. The van der Waals surface area contributed by atoms with Gasteiger partial charge in [0.2, 0.25) is 5.91 Å². The van der Waals surface area contributed by atoms with Gasteiger partial charge in [0.25, 0.3) is 11.5 Å². The van der Waals surface area contributed by atoms with Crippen LogP contribution in [0.1, 0.15) is 65.3 Å². The fourth-order valence-corrected chi connectivity index (χ4v) is 6.69. The second kappa shape index (κ2) is 10.8. The van der Waals surface area contributed by atoms with Crippen LogP contribution in [0.3, 0.4) is 0 Å². The van der Waals surface area contributed by atoms with Gasteiger partial charge in [0.15, 0.2) is 0 Å². The number of carbonyl (C=O) groups excluding carboxylic acids is 2. The summed E-state index contributed by atoms with van der Waals surface area (Å²) >= 11 is 0. The summed E-state index contributed by atoms with van der Waals surface area (Å²) < 4.78 is 1.56. The van der Waals surface area contributed by atoms with E-state index in [0.29, 0.717) is 17.4 Å². The summed E-state index contributed by atoms with van der Waals surface area (Å²) in [5.74, 6) is 1.37. The Morgan fingerprint density at radius 2 is 1.65 bits per heavy atom. The molecule has 1 aliphatic carbocycles. The van der Waals surface area contributed by atoms with E-state index in [1.165, 1.54) is 5.56 Å². The van der Waals surface area contributed by atoms with E-state index in [9.17, 15) is 14.4 Å². The fraction of sp³-hybridized carbons (Fsp3) is 0.567. The number of carbonyl (C=O) groups is 2. The third-order valence-corrected chi connectivity index (χ3v) is 8.97. The van der Waals surface area contributed by atoms with E-state index in [4.69, 9.17) is 0 Å². The van der Waals surface area contributed by atoms with Crippen molar-refractivity contribution in [1.82, 2.24) is 19.7 Å². The summed E-state index contributed by atoms with van der Waals surface area (Å²) in [6.07, 6.45) is 5.23. The van der Waals surface area contributed by atoms with Gasteiger partial charge in [-0.25, -0.2) is 0 Å². The number of hydrogen-bond donors (Lipinski definition) is 1. The van der Waals surface area contributed by atoms with Gasteiger partial charge < -0.3 is 19.7 Å². The number of rotatable bonds is 7. The molecule has 0 spiro atoms. The average Bonchev–Trinajstić information content (AvgIpc) is 3.63. The van der Waals surface area contributed by atoms with Crippen LogP contribution in [0, 0.1) is 31.6 Å². The maximum atomic E-state index is 13.4. The van der Waals surface area contributed by atoms with Gasteiger partial charge in [-0.2, -0.15) is 0 Å². The van der Waals surface area contributed by atoms with E-state index >= 15 is 0 Å². The number of hydrogen-bond acceptors (Lipinski definition) is 4. The predicted molar refractivity (Wildman–Crippen MR) is 144 cm³/mol. The summed E-state index contributed by atoms with van der Waals surface area (Å²) in [4.78, 5) is 42.9. The molecule has 2 aliphatic heterocycles. The molecule has 5 rings (SSSR count). The minimum atomic E-state index is -0.0753. The Labute approximate surface area is 219 Å². The Bertz CT molecular complexity index is 1190. The van der Waals surface area contributed by atoms with Crippen molar-refractivity contribution in [1.29, 1.82) is 0 Å². The summed E-state index contributed by atoms with van der Waals surface area (Å²) in [7, 11) is 1.73. The van der Waals surface area contributed by atoms with Crippen LogP contribution in [0.15, 0.2) is 41.2 Å². The topological polar surface area (TPSA) is 74.7 Å². The van der Waals surface area contributed by atoms with Crippen LogP contribution >= 0.6 is 0 Å². The van der Waals surface area contributed by atoms with Crippen molar-refractivity contribution in [3.8, 4) is 0 Å². The first-order valence-electron chi connectivity index (χ1n) is 13.9. The monoisotopic (exact) mass is 504 g/mol. The number of amides is 2. The van der Waals surface area contributed by atoms with E-state index in [1.807, 2.05) is 36.9 Å². The van der Waals surface area contributed by atoms with Crippen molar-refractivity contribution in [2.45, 2.75) is 52.0 Å². The summed E-state index contributed by atoms with van der Waals surface area (Å²) in [5, 5.41) is 3.37. The lowest BCUT2D eigenvalue weighted by Crippen LogP contribution is -2.37. The zero-order valence-electron chi connectivity index (χ0n) is 22.4. The maximum Gasteiger partial charge on any atom is 0.255 e. The highest BCUT2D eigenvalue weighted by atomic mass is 16.2. The number of likely N-dealkylation sites (tertiary alicyclic amines) is 2. The van der Waals surface area contributed by atoms with Crippen molar-refractivity contribution >= 4 is 11.8 Å². The Morgan fingerprint density at radius 1 is 1.00 bits per heavy atom. The fourth-order valence-electron chi connectivity index (χ4n) is 6.69. The van der Waals surface area contributed by atoms with Crippen LogP contribution in [0.25, 0.3) is 0 Å². The second-order valence-electron chi connectivity index (χ2n) is 11.4. The molecule has 2 amide bonds. The molecule has 7 heteroatoms. The standard InChI is InChI=1S/C30H40N4O3/c1-20-15-27(35)32(3)21(2)28(20)30(37)34-18-24-16-33(17-25(24)19-34)14-13-26(22-9-5-4-6-10-22)31-29(36)23-11-7-8-12-23/h4-6,9-10,15,23-26H,7-8,11-14,16-19H2,1-3H3,(H,31,36)/t24-,25?,26?/m0/s1. The molecule has 37 heavy (non-hydrogen) atoms. The van der Waals surface area contributed by atoms with Crippen LogP contribution in [0.5, 0.6) is 0 Å². The van der Waals surface area contributed by atoms with E-state index in [-0.39, 0.29) is 29.3 Å². The van der Waals surface area contributed by atoms with Crippen molar-refractivity contribution in [3.05, 3.63) is 69.1 Å². The van der Waals surface area contributed by atoms with Gasteiger partial charge in [-0.15, -0.1) is 0 Å². The minimum Gasteiger partial charge on any atom is -0.349 e. The van der Waals surface area contributed by atoms with E-state index in [1.54, 1.807) is 17.7 Å². The molecule has 7 nitrogen and oxygen atoms in total. The van der Waals surface area contributed by atoms with E-state index in [2.05, 4.69) is 22.3 Å². The number of benzene rings is 1. The Balaban J connectivity index is 1.18. The Kier molecular flexibility index (Phi) is 7.52. The number of nitrogens with one attached hydrogen (secondary N) is 1. The lowest BCUT2D eigenvalue weighted by Gasteiger charge is -2.26. The summed E-state index contributed by atoms with van der Waals surface area (Å²) in [6.45, 7) is 8.15. The first-order valence-corrected chi connectivity index (χ1v) is 13.9. The van der Waals surface area contributed by atoms with E-state index < -0.39 is 0 Å². The molecular formula is C30H40N4O3. The summed E-state index contributed by atoms with van der Waals surface area (Å²) in [6, 6.07) is 11.9. The highest BCUT2D eigenvalue weighted by molar-refractivity contribution is 5.96. The molecule has 3 aliphatic rings. The van der Waals surface area contributed by atoms with Crippen LogP contribution in [0.2, 0.25) is 0 Å². The molecule has 3 fully saturated rings. The molecule has 2 unspecified atom stereocenters. The maximum absolute atomic E-state index is 13.4. The largest absolute Gasteiger partial charge is 0.349 e. The van der Waals surface area contributed by atoms with Gasteiger partial charge in [-0.1, -0.05) is 43.2 Å². The van der Waals surface area contributed by atoms with Gasteiger partial charge in [0, 0.05) is 57.4 Å². The Hall–Kier alpha value is -2.93. The number of pyridine rings is 1. The molecule has 1 N–H and O–H groups in total. The zero-order valence-corrected chi connectivity index (χ0v) is 22.4. The quantitative estimate of drug-likeness (QED) is 0.627.